The van der Waals surface area contributed by atoms with Crippen molar-refractivity contribution in [2.45, 2.75) is 42.6 Å². The van der Waals surface area contributed by atoms with E-state index in [-0.39, 0.29) is 5.25 Å². The zero-order chi connectivity index (χ0) is 13.1. The summed E-state index contributed by atoms with van der Waals surface area (Å²) in [7, 11) is 0. The quantitative estimate of drug-likeness (QED) is 0.806. The van der Waals surface area contributed by atoms with E-state index in [0.717, 1.165) is 30.6 Å². The third kappa shape index (κ3) is 3.06. The van der Waals surface area contributed by atoms with Crippen molar-refractivity contribution in [2.24, 2.45) is 0 Å². The van der Waals surface area contributed by atoms with E-state index in [4.69, 9.17) is 4.42 Å². The minimum Gasteiger partial charge on any atom is -0.410 e. The van der Waals surface area contributed by atoms with Crippen molar-refractivity contribution in [1.29, 1.82) is 0 Å². The monoisotopic (exact) mass is 294 g/mol. The number of hydrogen-bond acceptors (Lipinski definition) is 6. The smallest absolute Gasteiger partial charge is 0.277 e. The average Bonchev–Trinajstić information content (AvgIpc) is 3.03. The summed E-state index contributed by atoms with van der Waals surface area (Å²) in [5.74, 6) is 0.858. The van der Waals surface area contributed by atoms with Gasteiger partial charge in [-0.1, -0.05) is 30.7 Å². The molecule has 3 rings (SSSR count). The number of thiophene rings is 1. The highest BCUT2D eigenvalue weighted by Gasteiger charge is 2.24. The van der Waals surface area contributed by atoms with Crippen LogP contribution in [0.25, 0.3) is 10.8 Å². The zero-order valence-electron chi connectivity index (χ0n) is 10.4. The lowest BCUT2D eigenvalue weighted by Crippen LogP contribution is -2.14. The molecule has 6 heteroatoms. The number of carbonyl (C=O) groups is 1. The molecule has 0 spiro atoms. The highest BCUT2D eigenvalue weighted by molar-refractivity contribution is 8.00. The molecule has 4 nitrogen and oxygen atoms in total. The lowest BCUT2D eigenvalue weighted by Gasteiger charge is -2.08. The van der Waals surface area contributed by atoms with Crippen molar-refractivity contribution in [3.05, 3.63) is 17.5 Å². The average molecular weight is 294 g/mol. The molecule has 1 saturated carbocycles. The summed E-state index contributed by atoms with van der Waals surface area (Å²) < 4.78 is 5.62. The molecule has 19 heavy (non-hydrogen) atoms. The summed E-state index contributed by atoms with van der Waals surface area (Å²) in [5, 5.41) is 10.5. The molecule has 0 aliphatic heterocycles. The van der Waals surface area contributed by atoms with Crippen molar-refractivity contribution in [3.8, 4) is 10.8 Å². The van der Waals surface area contributed by atoms with Crippen LogP contribution in [0.2, 0.25) is 0 Å². The molecular formula is C13H14N2O2S2. The molecule has 2 aromatic heterocycles. The molecule has 100 valence electrons. The van der Waals surface area contributed by atoms with Gasteiger partial charge in [0.25, 0.3) is 11.1 Å². The Bertz CT molecular complexity index is 551. The first-order chi connectivity index (χ1) is 9.33. The van der Waals surface area contributed by atoms with Gasteiger partial charge in [-0.3, -0.25) is 4.79 Å². The molecule has 0 saturated heterocycles. The fourth-order valence-electron chi connectivity index (χ4n) is 2.13. The van der Waals surface area contributed by atoms with Gasteiger partial charge in [-0.05, 0) is 24.3 Å². The van der Waals surface area contributed by atoms with Gasteiger partial charge in [0.1, 0.15) is 5.78 Å². The molecule has 2 aromatic rings. The number of hydrogen-bond donors (Lipinski definition) is 0. The molecule has 0 bridgehead atoms. The first kappa shape index (κ1) is 12.9. The maximum absolute atomic E-state index is 11.9. The highest BCUT2D eigenvalue weighted by atomic mass is 32.2. The SMILES string of the molecule is O=C1CCCCCC1Sc1nnc(-c2cccs2)o1. The van der Waals surface area contributed by atoms with Gasteiger partial charge in [0, 0.05) is 6.42 Å². The Morgan fingerprint density at radius 3 is 3.11 bits per heavy atom. The molecule has 2 heterocycles. The third-order valence-corrected chi connectivity index (χ3v) is 5.14. The van der Waals surface area contributed by atoms with Crippen LogP contribution in [0, 0.1) is 0 Å². The number of aromatic nitrogens is 2. The Labute approximate surface area is 119 Å². The normalized spacial score (nSPS) is 20.4. The van der Waals surface area contributed by atoms with E-state index in [2.05, 4.69) is 10.2 Å². The minimum absolute atomic E-state index is 0.0147. The van der Waals surface area contributed by atoms with Gasteiger partial charge in [-0.2, -0.15) is 0 Å². The van der Waals surface area contributed by atoms with Crippen LogP contribution in [0.4, 0.5) is 0 Å². The third-order valence-electron chi connectivity index (χ3n) is 3.13. The summed E-state index contributed by atoms with van der Waals surface area (Å²) in [6.07, 6.45) is 4.87. The topological polar surface area (TPSA) is 56.0 Å². The van der Waals surface area contributed by atoms with Crippen LogP contribution in [0.5, 0.6) is 0 Å². The summed E-state index contributed by atoms with van der Waals surface area (Å²) in [6.45, 7) is 0. The van der Waals surface area contributed by atoms with Crippen LogP contribution in [0.3, 0.4) is 0 Å². The Morgan fingerprint density at radius 1 is 1.32 bits per heavy atom. The number of ketones is 1. The van der Waals surface area contributed by atoms with E-state index < -0.39 is 0 Å². The van der Waals surface area contributed by atoms with Gasteiger partial charge in [0.2, 0.25) is 0 Å². The van der Waals surface area contributed by atoms with Gasteiger partial charge in [0.15, 0.2) is 0 Å². The fourth-order valence-corrected chi connectivity index (χ4v) is 3.77. The van der Waals surface area contributed by atoms with Crippen LogP contribution in [-0.4, -0.2) is 21.2 Å². The number of carbonyl (C=O) groups excluding carboxylic acids is 1. The molecule has 1 unspecified atom stereocenters. The molecule has 1 aliphatic carbocycles. The van der Waals surface area contributed by atoms with Crippen LogP contribution in [0.1, 0.15) is 32.1 Å². The second-order valence-electron chi connectivity index (χ2n) is 4.52. The summed E-state index contributed by atoms with van der Waals surface area (Å²) in [5.41, 5.74) is 0. The fraction of sp³-hybridized carbons (Fsp3) is 0.462. The van der Waals surface area contributed by atoms with E-state index in [1.54, 1.807) is 11.3 Å². The molecule has 1 fully saturated rings. The van der Waals surface area contributed by atoms with Crippen LogP contribution >= 0.6 is 23.1 Å². The number of Topliss-reactive ketones (excluding diaryl/α,β-unsaturated/α-hetero) is 1. The second kappa shape index (κ2) is 5.88. The van der Waals surface area contributed by atoms with E-state index in [1.165, 1.54) is 11.8 Å². The first-order valence-electron chi connectivity index (χ1n) is 6.40. The Morgan fingerprint density at radius 2 is 2.26 bits per heavy atom. The van der Waals surface area contributed by atoms with Crippen LogP contribution < -0.4 is 0 Å². The Kier molecular flexibility index (Phi) is 3.98. The highest BCUT2D eigenvalue weighted by Crippen LogP contribution is 2.32. The molecule has 0 N–H and O–H groups in total. The zero-order valence-corrected chi connectivity index (χ0v) is 12.0. The predicted octanol–water partition coefficient (Wildman–Crippen LogP) is 3.79. The Balaban J connectivity index is 1.71. The molecule has 0 radical (unpaired) electrons. The molecule has 0 aromatic carbocycles. The summed E-state index contributed by atoms with van der Waals surface area (Å²) in [4.78, 5) is 12.9. The predicted molar refractivity (Wildman–Crippen MR) is 75.3 cm³/mol. The van der Waals surface area contributed by atoms with Gasteiger partial charge >= 0.3 is 0 Å². The number of rotatable bonds is 3. The standard InChI is InChI=1S/C13H14N2O2S2/c16-9-5-2-1-3-6-10(9)19-13-15-14-12(17-13)11-7-4-8-18-11/h4,7-8,10H,1-3,5-6H2. The van der Waals surface area contributed by atoms with E-state index in [9.17, 15) is 4.79 Å². The van der Waals surface area contributed by atoms with Crippen molar-refractivity contribution in [3.63, 3.8) is 0 Å². The second-order valence-corrected chi connectivity index (χ2v) is 6.62. The lowest BCUT2D eigenvalue weighted by molar-refractivity contribution is -0.118. The van der Waals surface area contributed by atoms with Crippen molar-refractivity contribution in [1.82, 2.24) is 10.2 Å². The van der Waals surface area contributed by atoms with Crippen molar-refractivity contribution >= 4 is 28.9 Å². The van der Waals surface area contributed by atoms with E-state index in [0.29, 0.717) is 23.3 Å². The van der Waals surface area contributed by atoms with E-state index >= 15 is 0 Å². The molecule has 1 aliphatic rings. The number of thioether (sulfide) groups is 1. The maximum atomic E-state index is 11.9. The number of nitrogens with zero attached hydrogens (tertiary/aromatic N) is 2. The van der Waals surface area contributed by atoms with E-state index in [1.807, 2.05) is 17.5 Å². The molecular weight excluding hydrogens is 280 g/mol. The summed E-state index contributed by atoms with van der Waals surface area (Å²) >= 11 is 2.99. The van der Waals surface area contributed by atoms with Gasteiger partial charge in [-0.15, -0.1) is 21.5 Å². The first-order valence-corrected chi connectivity index (χ1v) is 8.15. The van der Waals surface area contributed by atoms with Gasteiger partial charge < -0.3 is 4.42 Å². The van der Waals surface area contributed by atoms with Crippen LogP contribution in [0.15, 0.2) is 27.2 Å². The van der Waals surface area contributed by atoms with Gasteiger partial charge in [-0.25, -0.2) is 0 Å². The van der Waals surface area contributed by atoms with Crippen molar-refractivity contribution in [2.75, 3.05) is 0 Å². The van der Waals surface area contributed by atoms with Crippen molar-refractivity contribution < 1.29 is 9.21 Å². The lowest BCUT2D eigenvalue weighted by atomic mass is 10.2. The molecule has 1 atom stereocenters. The largest absolute Gasteiger partial charge is 0.410 e. The minimum atomic E-state index is -0.0147. The maximum Gasteiger partial charge on any atom is 0.277 e. The molecule has 0 amide bonds. The van der Waals surface area contributed by atoms with Crippen LogP contribution in [-0.2, 0) is 4.79 Å². The van der Waals surface area contributed by atoms with Gasteiger partial charge in [0.05, 0.1) is 10.1 Å². The Hall–Kier alpha value is -1.14. The summed E-state index contributed by atoms with van der Waals surface area (Å²) in [6, 6.07) is 3.90.